The van der Waals surface area contributed by atoms with E-state index in [9.17, 15) is 9.59 Å². The van der Waals surface area contributed by atoms with Gasteiger partial charge in [-0.2, -0.15) is 0 Å². The number of carbonyl (C=O) groups excluding carboxylic acids is 2. The topological polar surface area (TPSA) is 58.6 Å². The minimum absolute atomic E-state index is 0.0322. The molecule has 0 bridgehead atoms. The van der Waals surface area contributed by atoms with Gasteiger partial charge in [-0.1, -0.05) is 17.7 Å². The molecule has 0 aromatic heterocycles. The zero-order valence-electron chi connectivity index (χ0n) is 16.6. The van der Waals surface area contributed by atoms with Crippen molar-refractivity contribution >= 4 is 23.4 Å². The molecule has 0 radical (unpaired) electrons. The quantitative estimate of drug-likeness (QED) is 0.645. The Bertz CT molecular complexity index is 786. The molecule has 1 N–H and O–H groups in total. The van der Waals surface area contributed by atoms with E-state index in [1.807, 2.05) is 26.0 Å². The van der Waals surface area contributed by atoms with Gasteiger partial charge in [0.05, 0.1) is 6.54 Å². The summed E-state index contributed by atoms with van der Waals surface area (Å²) in [5.41, 5.74) is 2.86. The van der Waals surface area contributed by atoms with Crippen LogP contribution >= 0.6 is 11.6 Å². The number of carbonyl (C=O) groups is 2. The molecular formula is C22H27ClN2O3. The van der Waals surface area contributed by atoms with Crippen LogP contribution in [0.25, 0.3) is 0 Å². The summed E-state index contributed by atoms with van der Waals surface area (Å²) in [7, 11) is 1.76. The van der Waals surface area contributed by atoms with E-state index in [1.54, 1.807) is 36.2 Å². The summed E-state index contributed by atoms with van der Waals surface area (Å²) in [5.74, 6) is 0.687. The number of hydrogen-bond donors (Lipinski definition) is 1. The van der Waals surface area contributed by atoms with Crippen LogP contribution in [0.3, 0.4) is 0 Å². The highest BCUT2D eigenvalue weighted by atomic mass is 35.5. The fourth-order valence-corrected chi connectivity index (χ4v) is 2.90. The standard InChI is InChI=1S/C22H27ClN2O3/c1-16-13-17(2)15-20(14-16)28-12-11-25(3)21(26)5-4-10-24-22(27)18-6-8-19(23)9-7-18/h6-9,13-15H,4-5,10-12H2,1-3H3,(H,24,27). The lowest BCUT2D eigenvalue weighted by molar-refractivity contribution is -0.130. The van der Waals surface area contributed by atoms with Crippen molar-refractivity contribution in [2.75, 3.05) is 26.7 Å². The maximum Gasteiger partial charge on any atom is 0.251 e. The van der Waals surface area contributed by atoms with Gasteiger partial charge < -0.3 is 15.0 Å². The minimum atomic E-state index is -0.167. The largest absolute Gasteiger partial charge is 0.492 e. The van der Waals surface area contributed by atoms with Crippen LogP contribution in [0, 0.1) is 13.8 Å². The first-order valence-corrected chi connectivity index (χ1v) is 9.72. The molecule has 0 spiro atoms. The summed E-state index contributed by atoms with van der Waals surface area (Å²) in [6.45, 7) is 5.46. The van der Waals surface area contributed by atoms with E-state index in [0.29, 0.717) is 43.1 Å². The van der Waals surface area contributed by atoms with Gasteiger partial charge in [-0.25, -0.2) is 0 Å². The number of amides is 2. The van der Waals surface area contributed by atoms with Crippen molar-refractivity contribution in [1.82, 2.24) is 10.2 Å². The Morgan fingerprint density at radius 3 is 2.36 bits per heavy atom. The van der Waals surface area contributed by atoms with Crippen molar-refractivity contribution in [2.45, 2.75) is 26.7 Å². The molecule has 2 rings (SSSR count). The number of likely N-dealkylation sites (N-methyl/N-ethyl adjacent to an activating group) is 1. The average molecular weight is 403 g/mol. The van der Waals surface area contributed by atoms with E-state index in [-0.39, 0.29) is 11.8 Å². The third kappa shape index (κ3) is 7.24. The Kier molecular flexibility index (Phi) is 8.33. The van der Waals surface area contributed by atoms with Crippen molar-refractivity contribution in [3.63, 3.8) is 0 Å². The summed E-state index contributed by atoms with van der Waals surface area (Å²) >= 11 is 5.81. The fraction of sp³-hybridized carbons (Fsp3) is 0.364. The lowest BCUT2D eigenvalue weighted by Gasteiger charge is -2.18. The third-order valence-electron chi connectivity index (χ3n) is 4.28. The first-order chi connectivity index (χ1) is 13.3. The predicted molar refractivity (Wildman–Crippen MR) is 112 cm³/mol. The molecule has 0 saturated carbocycles. The van der Waals surface area contributed by atoms with Crippen LogP contribution in [0.4, 0.5) is 0 Å². The number of nitrogens with zero attached hydrogens (tertiary/aromatic N) is 1. The zero-order chi connectivity index (χ0) is 20.5. The summed E-state index contributed by atoms with van der Waals surface area (Å²) in [6, 6.07) is 12.8. The first kappa shape index (κ1) is 21.8. The van der Waals surface area contributed by atoms with Crippen molar-refractivity contribution < 1.29 is 14.3 Å². The van der Waals surface area contributed by atoms with E-state index in [2.05, 4.69) is 11.4 Å². The Balaban J connectivity index is 1.64. The van der Waals surface area contributed by atoms with Crippen molar-refractivity contribution in [3.05, 3.63) is 64.2 Å². The number of rotatable bonds is 9. The van der Waals surface area contributed by atoms with Crippen LogP contribution < -0.4 is 10.1 Å². The fourth-order valence-electron chi connectivity index (χ4n) is 2.78. The van der Waals surface area contributed by atoms with Crippen LogP contribution in [0.5, 0.6) is 5.75 Å². The van der Waals surface area contributed by atoms with Gasteiger partial charge in [0.2, 0.25) is 5.91 Å². The second kappa shape index (κ2) is 10.7. The molecule has 0 aliphatic carbocycles. The van der Waals surface area contributed by atoms with Crippen LogP contribution in [0.1, 0.15) is 34.3 Å². The van der Waals surface area contributed by atoms with Gasteiger partial charge in [0.15, 0.2) is 0 Å². The van der Waals surface area contributed by atoms with E-state index in [0.717, 1.165) is 16.9 Å². The smallest absolute Gasteiger partial charge is 0.251 e. The van der Waals surface area contributed by atoms with Gasteiger partial charge in [0.25, 0.3) is 5.91 Å². The highest BCUT2D eigenvalue weighted by Gasteiger charge is 2.10. The Hall–Kier alpha value is -2.53. The average Bonchev–Trinajstić information content (AvgIpc) is 2.64. The summed E-state index contributed by atoms with van der Waals surface area (Å²) in [4.78, 5) is 25.8. The van der Waals surface area contributed by atoms with Gasteiger partial charge in [-0.15, -0.1) is 0 Å². The molecule has 0 fully saturated rings. The van der Waals surface area contributed by atoms with Gasteiger partial charge in [-0.05, 0) is 67.8 Å². The zero-order valence-corrected chi connectivity index (χ0v) is 17.4. The van der Waals surface area contributed by atoms with Crippen molar-refractivity contribution in [3.8, 4) is 5.75 Å². The molecule has 2 aromatic rings. The first-order valence-electron chi connectivity index (χ1n) is 9.34. The Morgan fingerprint density at radius 2 is 1.71 bits per heavy atom. The summed E-state index contributed by atoms with van der Waals surface area (Å²) in [5, 5.41) is 3.40. The van der Waals surface area contributed by atoms with E-state index in [1.165, 1.54) is 0 Å². The van der Waals surface area contributed by atoms with Crippen LogP contribution in [-0.4, -0.2) is 43.5 Å². The number of nitrogens with one attached hydrogen (secondary N) is 1. The normalized spacial score (nSPS) is 10.4. The van der Waals surface area contributed by atoms with Gasteiger partial charge in [0.1, 0.15) is 12.4 Å². The maximum atomic E-state index is 12.2. The van der Waals surface area contributed by atoms with Crippen LogP contribution in [0.15, 0.2) is 42.5 Å². The molecule has 150 valence electrons. The number of hydrogen-bond acceptors (Lipinski definition) is 3. The summed E-state index contributed by atoms with van der Waals surface area (Å²) in [6.07, 6.45) is 0.960. The highest BCUT2D eigenvalue weighted by Crippen LogP contribution is 2.16. The molecule has 0 saturated heterocycles. The van der Waals surface area contributed by atoms with Gasteiger partial charge >= 0.3 is 0 Å². The molecule has 0 aliphatic rings. The molecule has 0 heterocycles. The van der Waals surface area contributed by atoms with Crippen molar-refractivity contribution in [2.24, 2.45) is 0 Å². The number of benzene rings is 2. The molecule has 0 aliphatic heterocycles. The summed E-state index contributed by atoms with van der Waals surface area (Å²) < 4.78 is 5.74. The van der Waals surface area contributed by atoms with Gasteiger partial charge in [0, 0.05) is 30.6 Å². The number of halogens is 1. The van der Waals surface area contributed by atoms with Crippen molar-refractivity contribution in [1.29, 1.82) is 0 Å². The highest BCUT2D eigenvalue weighted by molar-refractivity contribution is 6.30. The molecule has 2 aromatic carbocycles. The maximum absolute atomic E-state index is 12.2. The van der Waals surface area contributed by atoms with E-state index >= 15 is 0 Å². The van der Waals surface area contributed by atoms with Crippen LogP contribution in [0.2, 0.25) is 5.02 Å². The molecule has 5 nitrogen and oxygen atoms in total. The monoisotopic (exact) mass is 402 g/mol. The number of ether oxygens (including phenoxy) is 1. The third-order valence-corrected chi connectivity index (χ3v) is 4.53. The predicted octanol–water partition coefficient (Wildman–Crippen LogP) is 4.00. The lowest BCUT2D eigenvalue weighted by atomic mass is 10.1. The molecule has 2 amide bonds. The minimum Gasteiger partial charge on any atom is -0.492 e. The molecule has 0 unspecified atom stereocenters. The van der Waals surface area contributed by atoms with E-state index in [4.69, 9.17) is 16.3 Å². The molecule has 0 atom stereocenters. The number of aryl methyl sites for hydroxylation is 2. The van der Waals surface area contributed by atoms with E-state index < -0.39 is 0 Å². The Labute approximate surface area is 171 Å². The Morgan fingerprint density at radius 1 is 1.07 bits per heavy atom. The SMILES string of the molecule is Cc1cc(C)cc(OCCN(C)C(=O)CCCNC(=O)c2ccc(Cl)cc2)c1. The molecule has 6 heteroatoms. The molecular weight excluding hydrogens is 376 g/mol. The molecule has 28 heavy (non-hydrogen) atoms. The second-order valence-electron chi connectivity index (χ2n) is 6.85. The lowest BCUT2D eigenvalue weighted by Crippen LogP contribution is -2.32. The second-order valence-corrected chi connectivity index (χ2v) is 7.29. The van der Waals surface area contributed by atoms with Gasteiger partial charge in [-0.3, -0.25) is 9.59 Å². The van der Waals surface area contributed by atoms with Crippen LogP contribution in [-0.2, 0) is 4.79 Å².